The molecule has 0 bridgehead atoms. The first kappa shape index (κ1) is 12.0. The van der Waals surface area contributed by atoms with E-state index in [-0.39, 0.29) is 0 Å². The summed E-state index contributed by atoms with van der Waals surface area (Å²) in [4.78, 5) is 0. The molecule has 4 heteroatoms. The Morgan fingerprint density at radius 1 is 1.32 bits per heavy atom. The van der Waals surface area contributed by atoms with E-state index in [1.54, 1.807) is 0 Å². The Hall–Kier alpha value is -2.07. The average Bonchev–Trinajstić information content (AvgIpc) is 2.99. The van der Waals surface area contributed by atoms with Crippen molar-refractivity contribution in [1.82, 2.24) is 15.0 Å². The predicted octanol–water partition coefficient (Wildman–Crippen LogP) is 2.71. The van der Waals surface area contributed by atoms with Crippen LogP contribution >= 0.6 is 0 Å². The fourth-order valence-electron chi connectivity index (χ4n) is 2.43. The van der Waals surface area contributed by atoms with Gasteiger partial charge in [-0.25, -0.2) is 0 Å². The van der Waals surface area contributed by atoms with Crippen LogP contribution in [0.4, 0.5) is 0 Å². The number of nitrogens with one attached hydrogen (secondary N) is 1. The lowest BCUT2D eigenvalue weighted by Gasteiger charge is -2.05. The standard InChI is InChI=1S/C15H17N3O/c1-11-8-13(19-17-11)10-18-7-6-14-12(9-16-2)4-3-5-15(14)18/h3-8,16H,9-10H2,1-2H3. The average molecular weight is 255 g/mol. The van der Waals surface area contributed by atoms with Gasteiger partial charge in [0.1, 0.15) is 0 Å². The van der Waals surface area contributed by atoms with Crippen molar-refractivity contribution in [3.8, 4) is 0 Å². The van der Waals surface area contributed by atoms with Crippen LogP contribution in [0.3, 0.4) is 0 Å². The van der Waals surface area contributed by atoms with Gasteiger partial charge in [-0.3, -0.25) is 0 Å². The zero-order valence-corrected chi connectivity index (χ0v) is 11.2. The number of benzene rings is 1. The molecule has 0 aliphatic carbocycles. The van der Waals surface area contributed by atoms with Crippen molar-refractivity contribution >= 4 is 10.9 Å². The molecule has 0 amide bonds. The molecule has 1 N–H and O–H groups in total. The molecule has 1 aromatic carbocycles. The summed E-state index contributed by atoms with van der Waals surface area (Å²) in [6, 6.07) is 10.5. The SMILES string of the molecule is CNCc1cccc2c1ccn2Cc1cc(C)no1. The van der Waals surface area contributed by atoms with Crippen molar-refractivity contribution in [2.24, 2.45) is 0 Å². The minimum Gasteiger partial charge on any atom is -0.359 e. The second-order valence-electron chi connectivity index (χ2n) is 4.76. The van der Waals surface area contributed by atoms with Crippen molar-refractivity contribution in [2.75, 3.05) is 7.05 Å². The van der Waals surface area contributed by atoms with Crippen LogP contribution in [0.25, 0.3) is 10.9 Å². The molecule has 0 aliphatic rings. The molecule has 0 saturated carbocycles. The van der Waals surface area contributed by atoms with Crippen LogP contribution in [-0.2, 0) is 13.1 Å². The van der Waals surface area contributed by atoms with Crippen LogP contribution in [0.1, 0.15) is 17.0 Å². The van der Waals surface area contributed by atoms with Gasteiger partial charge < -0.3 is 14.4 Å². The molecule has 0 fully saturated rings. The van der Waals surface area contributed by atoms with E-state index in [4.69, 9.17) is 4.52 Å². The zero-order chi connectivity index (χ0) is 13.2. The minimum absolute atomic E-state index is 0.716. The summed E-state index contributed by atoms with van der Waals surface area (Å²) in [7, 11) is 1.97. The molecular formula is C15H17N3O. The molecule has 3 rings (SSSR count). The lowest BCUT2D eigenvalue weighted by Crippen LogP contribution is -2.05. The van der Waals surface area contributed by atoms with Crippen LogP contribution in [0, 0.1) is 6.92 Å². The topological polar surface area (TPSA) is 43.0 Å². The van der Waals surface area contributed by atoms with Gasteiger partial charge in [0, 0.05) is 29.7 Å². The molecule has 0 radical (unpaired) electrons. The number of fused-ring (bicyclic) bond motifs is 1. The summed E-state index contributed by atoms with van der Waals surface area (Å²) in [6.45, 7) is 3.53. The summed E-state index contributed by atoms with van der Waals surface area (Å²) >= 11 is 0. The van der Waals surface area contributed by atoms with Crippen molar-refractivity contribution in [2.45, 2.75) is 20.0 Å². The first-order valence-corrected chi connectivity index (χ1v) is 6.41. The highest BCUT2D eigenvalue weighted by atomic mass is 16.5. The Kier molecular flexibility index (Phi) is 3.09. The van der Waals surface area contributed by atoms with Crippen molar-refractivity contribution in [1.29, 1.82) is 0 Å². The molecule has 0 saturated heterocycles. The highest BCUT2D eigenvalue weighted by Crippen LogP contribution is 2.21. The lowest BCUT2D eigenvalue weighted by atomic mass is 10.1. The number of aryl methyl sites for hydroxylation is 1. The molecule has 0 atom stereocenters. The Labute approximate surface area is 112 Å². The summed E-state index contributed by atoms with van der Waals surface area (Å²) < 4.78 is 7.47. The second-order valence-corrected chi connectivity index (χ2v) is 4.76. The smallest absolute Gasteiger partial charge is 0.156 e. The fraction of sp³-hybridized carbons (Fsp3) is 0.267. The van der Waals surface area contributed by atoms with E-state index >= 15 is 0 Å². The third-order valence-electron chi connectivity index (χ3n) is 3.27. The third kappa shape index (κ3) is 2.27. The number of hydrogen-bond donors (Lipinski definition) is 1. The molecule has 0 unspecified atom stereocenters. The Bertz CT molecular complexity index is 696. The van der Waals surface area contributed by atoms with Gasteiger partial charge in [0.2, 0.25) is 0 Å². The van der Waals surface area contributed by atoms with Gasteiger partial charge in [-0.15, -0.1) is 0 Å². The molecule has 0 aliphatic heterocycles. The van der Waals surface area contributed by atoms with E-state index in [1.165, 1.54) is 16.5 Å². The summed E-state index contributed by atoms with van der Waals surface area (Å²) in [6.07, 6.45) is 2.10. The highest BCUT2D eigenvalue weighted by Gasteiger charge is 2.07. The summed E-state index contributed by atoms with van der Waals surface area (Å²) in [5.41, 5.74) is 3.46. The first-order valence-electron chi connectivity index (χ1n) is 6.41. The predicted molar refractivity (Wildman–Crippen MR) is 75.0 cm³/mol. The Morgan fingerprint density at radius 3 is 2.95 bits per heavy atom. The van der Waals surface area contributed by atoms with Crippen LogP contribution in [0.5, 0.6) is 0 Å². The number of nitrogens with zero attached hydrogens (tertiary/aromatic N) is 2. The number of hydrogen-bond acceptors (Lipinski definition) is 3. The molecular weight excluding hydrogens is 238 g/mol. The van der Waals surface area contributed by atoms with E-state index in [0.29, 0.717) is 6.54 Å². The number of aromatic nitrogens is 2. The maximum Gasteiger partial charge on any atom is 0.156 e. The van der Waals surface area contributed by atoms with Crippen LogP contribution in [0.2, 0.25) is 0 Å². The zero-order valence-electron chi connectivity index (χ0n) is 11.2. The molecule has 2 aromatic heterocycles. The lowest BCUT2D eigenvalue weighted by molar-refractivity contribution is 0.374. The molecule has 0 spiro atoms. The van der Waals surface area contributed by atoms with Gasteiger partial charge in [-0.2, -0.15) is 0 Å². The van der Waals surface area contributed by atoms with Crippen molar-refractivity contribution < 1.29 is 4.52 Å². The van der Waals surface area contributed by atoms with Crippen molar-refractivity contribution in [3.05, 3.63) is 53.5 Å². The largest absolute Gasteiger partial charge is 0.359 e. The molecule has 19 heavy (non-hydrogen) atoms. The third-order valence-corrected chi connectivity index (χ3v) is 3.27. The van der Waals surface area contributed by atoms with Crippen LogP contribution in [0.15, 0.2) is 41.1 Å². The van der Waals surface area contributed by atoms with Gasteiger partial charge in [0.25, 0.3) is 0 Å². The molecule has 4 nitrogen and oxygen atoms in total. The van der Waals surface area contributed by atoms with Crippen LogP contribution < -0.4 is 5.32 Å². The second kappa shape index (κ2) is 4.90. The van der Waals surface area contributed by atoms with Crippen LogP contribution in [-0.4, -0.2) is 16.8 Å². The van der Waals surface area contributed by atoms with Gasteiger partial charge in [0.05, 0.1) is 12.2 Å². The van der Waals surface area contributed by atoms with Gasteiger partial charge in [-0.05, 0) is 31.7 Å². The fourth-order valence-corrected chi connectivity index (χ4v) is 2.43. The van der Waals surface area contributed by atoms with E-state index in [1.807, 2.05) is 20.0 Å². The summed E-state index contributed by atoms with van der Waals surface area (Å²) in [5.74, 6) is 0.883. The monoisotopic (exact) mass is 255 g/mol. The Morgan fingerprint density at radius 2 is 2.21 bits per heavy atom. The highest BCUT2D eigenvalue weighted by molar-refractivity contribution is 5.83. The van der Waals surface area contributed by atoms with Gasteiger partial charge in [-0.1, -0.05) is 17.3 Å². The van der Waals surface area contributed by atoms with E-state index in [9.17, 15) is 0 Å². The van der Waals surface area contributed by atoms with Crippen molar-refractivity contribution in [3.63, 3.8) is 0 Å². The first-order chi connectivity index (χ1) is 9.28. The van der Waals surface area contributed by atoms with Gasteiger partial charge >= 0.3 is 0 Å². The number of rotatable bonds is 4. The van der Waals surface area contributed by atoms with E-state index in [2.05, 4.69) is 45.5 Å². The van der Waals surface area contributed by atoms with E-state index < -0.39 is 0 Å². The molecule has 3 aromatic rings. The minimum atomic E-state index is 0.716. The molecule has 98 valence electrons. The summed E-state index contributed by atoms with van der Waals surface area (Å²) in [5, 5.41) is 8.41. The van der Waals surface area contributed by atoms with Gasteiger partial charge in [0.15, 0.2) is 5.76 Å². The maximum absolute atomic E-state index is 5.28. The maximum atomic E-state index is 5.28. The normalized spacial score (nSPS) is 11.3. The molecule has 2 heterocycles. The quantitative estimate of drug-likeness (QED) is 0.779. The Balaban J connectivity index is 1.98. The van der Waals surface area contributed by atoms with E-state index in [0.717, 1.165) is 18.0 Å².